The van der Waals surface area contributed by atoms with Gasteiger partial charge >= 0.3 is 0 Å². The molecule has 0 radical (unpaired) electrons. The van der Waals surface area contributed by atoms with Gasteiger partial charge in [0, 0.05) is 12.8 Å². The molecule has 2 nitrogen and oxygen atoms in total. The van der Waals surface area contributed by atoms with Crippen LogP contribution in [0.4, 0.5) is 0 Å². The fourth-order valence-corrected chi connectivity index (χ4v) is 2.48. The molecule has 2 heteroatoms. The fourth-order valence-electron chi connectivity index (χ4n) is 2.48. The van der Waals surface area contributed by atoms with Crippen molar-refractivity contribution in [3.63, 3.8) is 0 Å². The monoisotopic (exact) mass is 183 g/mol. The van der Waals surface area contributed by atoms with Gasteiger partial charge in [0.15, 0.2) is 0 Å². The van der Waals surface area contributed by atoms with Crippen molar-refractivity contribution in [2.75, 3.05) is 6.54 Å². The highest BCUT2D eigenvalue weighted by molar-refractivity contribution is 5.79. The van der Waals surface area contributed by atoms with Crippen molar-refractivity contribution in [3.05, 3.63) is 0 Å². The SMILES string of the molecule is CC(C)(C)C1CCC(=O)CC1CN. The van der Waals surface area contributed by atoms with Crippen molar-refractivity contribution < 1.29 is 4.79 Å². The van der Waals surface area contributed by atoms with Gasteiger partial charge in [-0.05, 0) is 30.2 Å². The number of carbonyl (C=O) groups excluding carboxylic acids is 1. The van der Waals surface area contributed by atoms with Gasteiger partial charge in [-0.2, -0.15) is 0 Å². The van der Waals surface area contributed by atoms with Crippen LogP contribution >= 0.6 is 0 Å². The van der Waals surface area contributed by atoms with Crippen LogP contribution in [0, 0.1) is 17.3 Å². The van der Waals surface area contributed by atoms with E-state index in [1.807, 2.05) is 0 Å². The summed E-state index contributed by atoms with van der Waals surface area (Å²) in [7, 11) is 0. The van der Waals surface area contributed by atoms with E-state index >= 15 is 0 Å². The lowest BCUT2D eigenvalue weighted by molar-refractivity contribution is -0.123. The highest BCUT2D eigenvalue weighted by Crippen LogP contribution is 2.40. The van der Waals surface area contributed by atoms with Crippen LogP contribution in [0.25, 0.3) is 0 Å². The summed E-state index contributed by atoms with van der Waals surface area (Å²) in [6, 6.07) is 0. The first-order valence-corrected chi connectivity index (χ1v) is 5.17. The zero-order valence-electron chi connectivity index (χ0n) is 8.97. The Kier molecular flexibility index (Phi) is 3.12. The minimum atomic E-state index is 0.296. The Morgan fingerprint density at radius 2 is 2.08 bits per heavy atom. The van der Waals surface area contributed by atoms with Crippen molar-refractivity contribution in [1.82, 2.24) is 0 Å². The van der Waals surface area contributed by atoms with E-state index in [1.165, 1.54) is 0 Å². The Labute approximate surface area is 80.9 Å². The van der Waals surface area contributed by atoms with Crippen LogP contribution < -0.4 is 5.73 Å². The van der Waals surface area contributed by atoms with E-state index < -0.39 is 0 Å². The van der Waals surface area contributed by atoms with Gasteiger partial charge in [-0.15, -0.1) is 0 Å². The molecule has 1 saturated carbocycles. The summed E-state index contributed by atoms with van der Waals surface area (Å²) in [6.07, 6.45) is 2.50. The summed E-state index contributed by atoms with van der Waals surface area (Å²) in [6.45, 7) is 7.40. The molecule has 0 aromatic rings. The van der Waals surface area contributed by atoms with Crippen molar-refractivity contribution >= 4 is 5.78 Å². The van der Waals surface area contributed by atoms with Gasteiger partial charge in [0.1, 0.15) is 5.78 Å². The minimum Gasteiger partial charge on any atom is -0.330 e. The zero-order valence-corrected chi connectivity index (χ0v) is 8.97. The van der Waals surface area contributed by atoms with Crippen molar-refractivity contribution in [2.24, 2.45) is 23.0 Å². The summed E-state index contributed by atoms with van der Waals surface area (Å²) in [5.41, 5.74) is 6.00. The molecular formula is C11H21NO. The molecule has 0 aliphatic heterocycles. The number of rotatable bonds is 1. The normalized spacial score (nSPS) is 30.6. The van der Waals surface area contributed by atoms with Gasteiger partial charge in [0.25, 0.3) is 0 Å². The van der Waals surface area contributed by atoms with Crippen LogP contribution in [-0.4, -0.2) is 12.3 Å². The molecule has 1 fully saturated rings. The van der Waals surface area contributed by atoms with E-state index in [-0.39, 0.29) is 0 Å². The minimum absolute atomic E-state index is 0.296. The summed E-state index contributed by atoms with van der Waals surface area (Å²) < 4.78 is 0. The standard InChI is InChI=1S/C11H21NO/c1-11(2,3)10-5-4-9(13)6-8(10)7-12/h8,10H,4-7,12H2,1-3H3. The Morgan fingerprint density at radius 3 is 2.54 bits per heavy atom. The van der Waals surface area contributed by atoms with Gasteiger partial charge in [-0.3, -0.25) is 4.79 Å². The third kappa shape index (κ3) is 2.53. The van der Waals surface area contributed by atoms with Crippen LogP contribution in [0.2, 0.25) is 0 Å². The van der Waals surface area contributed by atoms with Gasteiger partial charge in [-0.1, -0.05) is 20.8 Å². The molecule has 1 rings (SSSR count). The first-order chi connectivity index (χ1) is 5.95. The molecule has 0 bridgehead atoms. The summed E-state index contributed by atoms with van der Waals surface area (Å²) in [5, 5.41) is 0. The first-order valence-electron chi connectivity index (χ1n) is 5.17. The average molecular weight is 183 g/mol. The Hall–Kier alpha value is -0.370. The third-order valence-electron chi connectivity index (χ3n) is 3.21. The second-order valence-corrected chi connectivity index (χ2v) is 5.25. The molecular weight excluding hydrogens is 162 g/mol. The van der Waals surface area contributed by atoms with E-state index in [9.17, 15) is 4.79 Å². The fraction of sp³-hybridized carbons (Fsp3) is 0.909. The van der Waals surface area contributed by atoms with Crippen molar-refractivity contribution in [3.8, 4) is 0 Å². The molecule has 0 heterocycles. The molecule has 13 heavy (non-hydrogen) atoms. The molecule has 2 atom stereocenters. The van der Waals surface area contributed by atoms with Crippen LogP contribution in [0.1, 0.15) is 40.0 Å². The summed E-state index contributed by atoms with van der Waals surface area (Å²) in [4.78, 5) is 11.2. The van der Waals surface area contributed by atoms with Gasteiger partial charge < -0.3 is 5.73 Å². The lowest BCUT2D eigenvalue weighted by Gasteiger charge is -2.39. The molecule has 0 amide bonds. The average Bonchev–Trinajstić information content (AvgIpc) is 2.01. The van der Waals surface area contributed by atoms with E-state index in [0.29, 0.717) is 36.0 Å². The molecule has 0 spiro atoms. The summed E-state index contributed by atoms with van der Waals surface area (Å²) >= 11 is 0. The maximum atomic E-state index is 11.2. The Bertz CT molecular complexity index is 193. The van der Waals surface area contributed by atoms with E-state index in [1.54, 1.807) is 0 Å². The molecule has 1 aliphatic rings. The number of ketones is 1. The quantitative estimate of drug-likeness (QED) is 0.675. The molecule has 2 N–H and O–H groups in total. The molecule has 1 aliphatic carbocycles. The van der Waals surface area contributed by atoms with Gasteiger partial charge in [0.2, 0.25) is 0 Å². The molecule has 2 unspecified atom stereocenters. The van der Waals surface area contributed by atoms with Crippen molar-refractivity contribution in [1.29, 1.82) is 0 Å². The molecule has 0 aromatic heterocycles. The molecule has 0 saturated heterocycles. The van der Waals surface area contributed by atoms with Gasteiger partial charge in [0.05, 0.1) is 0 Å². The number of nitrogens with two attached hydrogens (primary N) is 1. The van der Waals surface area contributed by atoms with Crippen molar-refractivity contribution in [2.45, 2.75) is 40.0 Å². The van der Waals surface area contributed by atoms with Crippen LogP contribution in [-0.2, 0) is 4.79 Å². The number of carbonyl (C=O) groups is 1. The predicted molar refractivity (Wildman–Crippen MR) is 54.3 cm³/mol. The maximum absolute atomic E-state index is 11.2. The highest BCUT2D eigenvalue weighted by atomic mass is 16.1. The number of hydrogen-bond acceptors (Lipinski definition) is 2. The number of hydrogen-bond donors (Lipinski definition) is 1. The molecule has 0 aromatic carbocycles. The second kappa shape index (κ2) is 3.79. The van der Waals surface area contributed by atoms with Crippen LogP contribution in [0.3, 0.4) is 0 Å². The highest BCUT2D eigenvalue weighted by Gasteiger charge is 2.35. The van der Waals surface area contributed by atoms with Crippen LogP contribution in [0.15, 0.2) is 0 Å². The van der Waals surface area contributed by atoms with Crippen LogP contribution in [0.5, 0.6) is 0 Å². The zero-order chi connectivity index (χ0) is 10.1. The largest absolute Gasteiger partial charge is 0.330 e. The lowest BCUT2D eigenvalue weighted by atomic mass is 9.66. The van der Waals surface area contributed by atoms with E-state index in [0.717, 1.165) is 12.8 Å². The maximum Gasteiger partial charge on any atom is 0.133 e. The van der Waals surface area contributed by atoms with E-state index in [2.05, 4.69) is 20.8 Å². The third-order valence-corrected chi connectivity index (χ3v) is 3.21. The molecule has 76 valence electrons. The smallest absolute Gasteiger partial charge is 0.133 e. The van der Waals surface area contributed by atoms with Gasteiger partial charge in [-0.25, -0.2) is 0 Å². The second-order valence-electron chi connectivity index (χ2n) is 5.25. The van der Waals surface area contributed by atoms with E-state index in [4.69, 9.17) is 5.73 Å². The first kappa shape index (κ1) is 10.7. The topological polar surface area (TPSA) is 43.1 Å². The lowest BCUT2D eigenvalue weighted by Crippen LogP contribution is -2.37. The summed E-state index contributed by atoms with van der Waals surface area (Å²) in [5.74, 6) is 1.44. The Balaban J connectivity index is 2.68. The predicted octanol–water partition coefficient (Wildman–Crippen LogP) is 1.98. The Morgan fingerprint density at radius 1 is 1.46 bits per heavy atom. The number of Topliss-reactive ketones (excluding diaryl/α,β-unsaturated/α-hetero) is 1.